The molecule has 2 aromatic carbocycles. The molecule has 0 bridgehead atoms. The topological polar surface area (TPSA) is 101 Å². The average Bonchev–Trinajstić information content (AvgIpc) is 2.99. The molecule has 2 aromatic heterocycles. The Kier molecular flexibility index (Phi) is 5.67. The van der Waals surface area contributed by atoms with Gasteiger partial charge in [0.25, 0.3) is 10.0 Å². The van der Waals surface area contributed by atoms with Crippen molar-refractivity contribution < 1.29 is 22.7 Å². The molecule has 0 unspecified atom stereocenters. The third-order valence-electron chi connectivity index (χ3n) is 5.21. The lowest BCUT2D eigenvalue weighted by molar-refractivity contribution is -0.137. The zero-order valence-corrected chi connectivity index (χ0v) is 17.9. The largest absolute Gasteiger partial charge is 0.480 e. The Hall–Kier alpha value is -3.72. The highest BCUT2D eigenvalue weighted by atomic mass is 32.2. The van der Waals surface area contributed by atoms with E-state index in [1.54, 1.807) is 54.0 Å². The van der Waals surface area contributed by atoms with Gasteiger partial charge in [-0.05, 0) is 54.4 Å². The van der Waals surface area contributed by atoms with Crippen LogP contribution in [0.25, 0.3) is 10.9 Å². The van der Waals surface area contributed by atoms with Crippen LogP contribution < -0.4 is 4.72 Å². The molecule has 2 N–H and O–H groups in total. The minimum absolute atomic E-state index is 0.136. The van der Waals surface area contributed by atoms with Gasteiger partial charge in [-0.25, -0.2) is 9.37 Å². The Morgan fingerprint density at radius 3 is 2.59 bits per heavy atom. The normalized spacial score (nSPS) is 11.6. The van der Waals surface area contributed by atoms with E-state index in [4.69, 9.17) is 0 Å². The smallest absolute Gasteiger partial charge is 0.323 e. The third-order valence-corrected chi connectivity index (χ3v) is 6.59. The van der Waals surface area contributed by atoms with Crippen molar-refractivity contribution in [2.24, 2.45) is 0 Å². The maximum absolute atomic E-state index is 14.0. The number of carbonyl (C=O) groups is 1. The zero-order valence-electron chi connectivity index (χ0n) is 17.1. The molecule has 0 radical (unpaired) electrons. The van der Waals surface area contributed by atoms with Gasteiger partial charge in [-0.3, -0.25) is 9.52 Å². The van der Waals surface area contributed by atoms with Crippen LogP contribution in [-0.2, 0) is 27.8 Å². The Balaban J connectivity index is 1.80. The summed E-state index contributed by atoms with van der Waals surface area (Å²) in [6.45, 7) is 1.45. The minimum atomic E-state index is -3.99. The van der Waals surface area contributed by atoms with E-state index in [0.717, 1.165) is 0 Å². The fourth-order valence-electron chi connectivity index (χ4n) is 3.79. The van der Waals surface area contributed by atoms with Crippen LogP contribution in [0.1, 0.15) is 16.8 Å². The number of aliphatic carboxylic acids is 1. The number of hydrogen-bond donors (Lipinski definition) is 2. The molecule has 0 fully saturated rings. The summed E-state index contributed by atoms with van der Waals surface area (Å²) in [7, 11) is -3.99. The molecule has 4 rings (SSSR count). The predicted molar refractivity (Wildman–Crippen MR) is 119 cm³/mol. The summed E-state index contributed by atoms with van der Waals surface area (Å²) in [6.07, 6.45) is 1.53. The molecule has 4 aromatic rings. The van der Waals surface area contributed by atoms with Gasteiger partial charge in [0.15, 0.2) is 5.03 Å². The van der Waals surface area contributed by atoms with Crippen molar-refractivity contribution in [1.82, 2.24) is 9.55 Å². The summed E-state index contributed by atoms with van der Waals surface area (Å²) in [4.78, 5) is 15.5. The second kappa shape index (κ2) is 8.43. The molecular formula is C23H20FN3O4S. The van der Waals surface area contributed by atoms with Crippen molar-refractivity contribution in [3.8, 4) is 0 Å². The highest BCUT2D eigenvalue weighted by Gasteiger charge is 2.23. The van der Waals surface area contributed by atoms with Crippen LogP contribution in [0.5, 0.6) is 0 Å². The van der Waals surface area contributed by atoms with Crippen molar-refractivity contribution in [3.05, 3.63) is 89.5 Å². The van der Waals surface area contributed by atoms with Gasteiger partial charge < -0.3 is 9.67 Å². The van der Waals surface area contributed by atoms with Crippen LogP contribution in [-0.4, -0.2) is 29.0 Å². The second-order valence-electron chi connectivity index (χ2n) is 7.32. The van der Waals surface area contributed by atoms with Crippen LogP contribution in [0.15, 0.2) is 71.9 Å². The number of carboxylic acid groups (broad SMARTS) is 1. The zero-order chi connectivity index (χ0) is 22.9. The lowest BCUT2D eigenvalue weighted by Gasteiger charge is -2.12. The second-order valence-corrected chi connectivity index (χ2v) is 8.92. The molecule has 0 saturated carbocycles. The fourth-order valence-corrected chi connectivity index (χ4v) is 5.01. The molecule has 0 aliphatic heterocycles. The van der Waals surface area contributed by atoms with Gasteiger partial charge in [0.05, 0.1) is 0 Å². The Bertz CT molecular complexity index is 1420. The van der Waals surface area contributed by atoms with E-state index in [1.807, 2.05) is 0 Å². The van der Waals surface area contributed by atoms with Gasteiger partial charge in [0.2, 0.25) is 0 Å². The predicted octanol–water partition coefficient (Wildman–Crippen LogP) is 3.96. The van der Waals surface area contributed by atoms with Crippen LogP contribution >= 0.6 is 0 Å². The quantitative estimate of drug-likeness (QED) is 0.441. The van der Waals surface area contributed by atoms with Gasteiger partial charge in [0, 0.05) is 34.9 Å². The fraction of sp³-hybridized carbons (Fsp3) is 0.130. The van der Waals surface area contributed by atoms with Crippen molar-refractivity contribution in [2.45, 2.75) is 24.9 Å². The molecule has 164 valence electrons. The number of carboxylic acids is 1. The SMILES string of the molecule is Cc1c(Cc2cccnc2S(=O)(=O)Nc2ccccc2)c2cc(F)ccc2n1CC(=O)O. The summed E-state index contributed by atoms with van der Waals surface area (Å²) in [5, 5.41) is 9.70. The molecular weight excluding hydrogens is 433 g/mol. The summed E-state index contributed by atoms with van der Waals surface area (Å²) in [5.74, 6) is -1.49. The first-order valence-electron chi connectivity index (χ1n) is 9.77. The third kappa shape index (κ3) is 4.19. The first-order valence-corrected chi connectivity index (χ1v) is 11.3. The Morgan fingerprint density at radius 2 is 1.88 bits per heavy atom. The number of rotatable bonds is 7. The molecule has 32 heavy (non-hydrogen) atoms. The van der Waals surface area contributed by atoms with E-state index in [0.29, 0.717) is 33.4 Å². The molecule has 9 heteroatoms. The molecule has 2 heterocycles. The van der Waals surface area contributed by atoms with E-state index in [1.165, 1.54) is 24.4 Å². The molecule has 0 saturated heterocycles. The van der Waals surface area contributed by atoms with Crippen LogP contribution in [0.3, 0.4) is 0 Å². The average molecular weight is 453 g/mol. The van der Waals surface area contributed by atoms with Gasteiger partial charge in [-0.15, -0.1) is 0 Å². The van der Waals surface area contributed by atoms with E-state index < -0.39 is 21.8 Å². The van der Waals surface area contributed by atoms with Crippen LogP contribution in [0.2, 0.25) is 0 Å². The summed E-state index contributed by atoms with van der Waals surface area (Å²) in [6, 6.07) is 15.9. The molecule has 7 nitrogen and oxygen atoms in total. The van der Waals surface area contributed by atoms with Gasteiger partial charge >= 0.3 is 5.97 Å². The molecule has 0 atom stereocenters. The number of pyridine rings is 1. The number of halogens is 1. The van der Waals surface area contributed by atoms with Crippen LogP contribution in [0.4, 0.5) is 10.1 Å². The monoisotopic (exact) mass is 453 g/mol. The number of nitrogens with zero attached hydrogens (tertiary/aromatic N) is 2. The maximum atomic E-state index is 14.0. The summed E-state index contributed by atoms with van der Waals surface area (Å²) in [5.41, 5.74) is 2.65. The Labute approximate surface area is 184 Å². The summed E-state index contributed by atoms with van der Waals surface area (Å²) < 4.78 is 44.2. The lowest BCUT2D eigenvalue weighted by Crippen LogP contribution is -2.17. The van der Waals surface area contributed by atoms with E-state index in [-0.39, 0.29) is 18.0 Å². The van der Waals surface area contributed by atoms with Gasteiger partial charge in [0.1, 0.15) is 12.4 Å². The van der Waals surface area contributed by atoms with E-state index in [9.17, 15) is 22.7 Å². The number of benzene rings is 2. The highest BCUT2D eigenvalue weighted by Crippen LogP contribution is 2.30. The van der Waals surface area contributed by atoms with Crippen LogP contribution in [0, 0.1) is 12.7 Å². The molecule has 0 spiro atoms. The standard InChI is InChI=1S/C23H20FN3O4S/c1-15-19(20-13-17(24)9-10-21(20)27(15)14-22(28)29)12-16-6-5-11-25-23(16)32(30,31)26-18-7-3-2-4-8-18/h2-11,13,26H,12,14H2,1H3,(H,28,29). The van der Waals surface area contributed by atoms with E-state index >= 15 is 0 Å². The summed E-state index contributed by atoms with van der Waals surface area (Å²) >= 11 is 0. The van der Waals surface area contributed by atoms with Crippen molar-refractivity contribution in [3.63, 3.8) is 0 Å². The number of fused-ring (bicyclic) bond motifs is 1. The van der Waals surface area contributed by atoms with Crippen molar-refractivity contribution in [1.29, 1.82) is 0 Å². The number of aromatic nitrogens is 2. The molecule has 0 aliphatic rings. The molecule has 0 amide bonds. The molecule has 0 aliphatic carbocycles. The van der Waals surface area contributed by atoms with Crippen molar-refractivity contribution in [2.75, 3.05) is 4.72 Å². The Morgan fingerprint density at radius 1 is 1.12 bits per heavy atom. The first kappa shape index (κ1) is 21.5. The van der Waals surface area contributed by atoms with Gasteiger partial charge in [-0.1, -0.05) is 24.3 Å². The first-order chi connectivity index (χ1) is 15.3. The number of para-hydroxylation sites is 1. The van der Waals surface area contributed by atoms with Crippen molar-refractivity contribution >= 4 is 32.6 Å². The lowest BCUT2D eigenvalue weighted by atomic mass is 10.0. The highest BCUT2D eigenvalue weighted by molar-refractivity contribution is 7.92. The van der Waals surface area contributed by atoms with Gasteiger partial charge in [-0.2, -0.15) is 8.42 Å². The number of anilines is 1. The van der Waals surface area contributed by atoms with E-state index in [2.05, 4.69) is 9.71 Å². The number of nitrogens with one attached hydrogen (secondary N) is 1. The maximum Gasteiger partial charge on any atom is 0.323 e. The number of hydrogen-bond acceptors (Lipinski definition) is 4. The number of sulfonamides is 1. The minimum Gasteiger partial charge on any atom is -0.480 e.